The molecule has 4 nitrogen and oxygen atoms in total. The highest BCUT2D eigenvalue weighted by molar-refractivity contribution is 7.92. The topological polar surface area (TPSA) is 63.2 Å². The van der Waals surface area contributed by atoms with Crippen LogP contribution >= 0.6 is 0 Å². The first-order valence-electron chi connectivity index (χ1n) is 4.82. The molecule has 1 N–H and O–H groups in total. The van der Waals surface area contributed by atoms with E-state index in [-0.39, 0.29) is 5.69 Å². The van der Waals surface area contributed by atoms with Gasteiger partial charge in [-0.2, -0.15) is 8.78 Å². The minimum absolute atomic E-state index is 0.0272. The van der Waals surface area contributed by atoms with Crippen molar-refractivity contribution in [2.24, 2.45) is 0 Å². The summed E-state index contributed by atoms with van der Waals surface area (Å²) in [6.07, 6.45) is -3.23. The highest BCUT2D eigenvalue weighted by Crippen LogP contribution is 2.27. The predicted molar refractivity (Wildman–Crippen MR) is 60.2 cm³/mol. The number of ketones is 1. The number of carbonyl (C=O) groups is 1. The molecule has 0 bridgehead atoms. The van der Waals surface area contributed by atoms with E-state index >= 15 is 0 Å². The Bertz CT molecular complexity index is 569. The van der Waals surface area contributed by atoms with Gasteiger partial charge in [-0.05, 0) is 24.3 Å². The fourth-order valence-corrected chi connectivity index (χ4v) is 1.76. The van der Waals surface area contributed by atoms with Gasteiger partial charge in [-0.1, -0.05) is 0 Å². The minimum Gasteiger partial charge on any atom is -0.287 e. The molecular formula is C10H9F4NO3S. The van der Waals surface area contributed by atoms with Crippen molar-refractivity contribution in [1.82, 2.24) is 0 Å². The van der Waals surface area contributed by atoms with Crippen molar-refractivity contribution in [1.29, 1.82) is 0 Å². The Morgan fingerprint density at radius 2 is 1.68 bits per heavy atom. The summed E-state index contributed by atoms with van der Waals surface area (Å²) in [5, 5.41) is 0. The van der Waals surface area contributed by atoms with E-state index in [1.165, 1.54) is 0 Å². The van der Waals surface area contributed by atoms with Crippen molar-refractivity contribution in [2.75, 3.05) is 11.0 Å². The van der Waals surface area contributed by atoms with Crippen LogP contribution in [0.3, 0.4) is 0 Å². The summed E-state index contributed by atoms with van der Waals surface area (Å²) >= 11 is 0. The van der Waals surface area contributed by atoms with Gasteiger partial charge in [-0.25, -0.2) is 17.2 Å². The molecule has 19 heavy (non-hydrogen) atoms. The molecule has 0 aromatic heterocycles. The first kappa shape index (κ1) is 15.4. The van der Waals surface area contributed by atoms with Gasteiger partial charge in [-0.3, -0.25) is 9.52 Å². The average molecular weight is 299 g/mol. The number of hydrogen-bond donors (Lipinski definition) is 1. The monoisotopic (exact) mass is 299 g/mol. The zero-order valence-corrected chi connectivity index (χ0v) is 10.3. The zero-order valence-electron chi connectivity index (χ0n) is 9.53. The smallest absolute Gasteiger partial charge is 0.287 e. The molecule has 0 heterocycles. The lowest BCUT2D eigenvalue weighted by Crippen LogP contribution is -2.36. The average Bonchev–Trinajstić information content (AvgIpc) is 2.26. The van der Waals surface area contributed by atoms with E-state index in [2.05, 4.69) is 0 Å². The number of anilines is 1. The number of rotatable bonds is 5. The lowest BCUT2D eigenvalue weighted by atomic mass is 10.1. The van der Waals surface area contributed by atoms with Crippen LogP contribution in [0.4, 0.5) is 23.2 Å². The minimum atomic E-state index is -4.77. The number of nitrogens with one attached hydrogen (secondary N) is 1. The molecule has 1 aromatic carbocycles. The molecule has 0 amide bonds. The van der Waals surface area contributed by atoms with Crippen LogP contribution in [0, 0.1) is 0 Å². The lowest BCUT2D eigenvalue weighted by molar-refractivity contribution is -0.0958. The summed E-state index contributed by atoms with van der Waals surface area (Å²) in [4.78, 5) is 11.1. The Morgan fingerprint density at radius 3 is 2.05 bits per heavy atom. The molecule has 0 aliphatic rings. The second-order valence-corrected chi connectivity index (χ2v) is 5.45. The third-order valence-electron chi connectivity index (χ3n) is 2.03. The van der Waals surface area contributed by atoms with Crippen LogP contribution in [-0.4, -0.2) is 32.8 Å². The van der Waals surface area contributed by atoms with Crippen LogP contribution in [0.25, 0.3) is 0 Å². The Labute approximate surface area is 106 Å². The van der Waals surface area contributed by atoms with E-state index in [1.54, 1.807) is 0 Å². The third-order valence-corrected chi connectivity index (χ3v) is 2.63. The normalized spacial score (nSPS) is 12.5. The van der Waals surface area contributed by atoms with Crippen LogP contribution in [0.5, 0.6) is 0 Å². The Hall–Kier alpha value is -1.64. The third kappa shape index (κ3) is 3.91. The Kier molecular flexibility index (Phi) is 4.18. The second-order valence-electron chi connectivity index (χ2n) is 3.70. The van der Waals surface area contributed by atoms with Gasteiger partial charge in [0.05, 0.1) is 6.26 Å². The predicted octanol–water partition coefficient (Wildman–Crippen LogP) is 2.14. The van der Waals surface area contributed by atoms with Gasteiger partial charge in [0, 0.05) is 11.3 Å². The van der Waals surface area contributed by atoms with Crippen molar-refractivity contribution in [3.63, 3.8) is 0 Å². The van der Waals surface area contributed by atoms with Crippen molar-refractivity contribution >= 4 is 21.5 Å². The van der Waals surface area contributed by atoms with E-state index in [4.69, 9.17) is 0 Å². The Balaban J connectivity index is 2.97. The molecule has 0 unspecified atom stereocenters. The van der Waals surface area contributed by atoms with E-state index < -0.39 is 33.7 Å². The summed E-state index contributed by atoms with van der Waals surface area (Å²) in [6.45, 7) is 0. The van der Waals surface area contributed by atoms with Gasteiger partial charge in [-0.15, -0.1) is 0 Å². The van der Waals surface area contributed by atoms with Crippen LogP contribution in [0.15, 0.2) is 24.3 Å². The molecule has 0 aliphatic carbocycles. The van der Waals surface area contributed by atoms with E-state index in [0.717, 1.165) is 30.5 Å². The zero-order chi connectivity index (χ0) is 14.8. The second kappa shape index (κ2) is 5.16. The molecule has 9 heteroatoms. The first-order chi connectivity index (χ1) is 8.54. The lowest BCUT2D eigenvalue weighted by Gasteiger charge is -2.13. The van der Waals surface area contributed by atoms with Crippen LogP contribution in [-0.2, 0) is 10.0 Å². The summed E-state index contributed by atoms with van der Waals surface area (Å²) < 4.78 is 73.3. The SMILES string of the molecule is CS(=O)(=O)Nc1ccc(C(=O)C(F)(F)C(F)F)cc1. The first-order valence-corrected chi connectivity index (χ1v) is 6.72. The van der Waals surface area contributed by atoms with Gasteiger partial charge >= 0.3 is 12.3 Å². The fourth-order valence-electron chi connectivity index (χ4n) is 1.20. The molecule has 0 atom stereocenters. The Morgan fingerprint density at radius 1 is 1.21 bits per heavy atom. The fraction of sp³-hybridized carbons (Fsp3) is 0.300. The molecule has 0 spiro atoms. The van der Waals surface area contributed by atoms with Crippen molar-refractivity contribution in [3.05, 3.63) is 29.8 Å². The number of sulfonamides is 1. The maximum absolute atomic E-state index is 12.8. The van der Waals surface area contributed by atoms with Gasteiger partial charge in [0.2, 0.25) is 15.8 Å². The maximum Gasteiger partial charge on any atom is 0.368 e. The molecule has 1 aromatic rings. The molecule has 0 saturated heterocycles. The standard InChI is InChI=1S/C10H9F4NO3S/c1-19(17,18)15-7-4-2-6(3-5-7)8(16)10(13,14)9(11)12/h2-5,9,15H,1H3. The van der Waals surface area contributed by atoms with Crippen molar-refractivity contribution in [3.8, 4) is 0 Å². The summed E-state index contributed by atoms with van der Waals surface area (Å²) in [7, 11) is -3.56. The van der Waals surface area contributed by atoms with E-state index in [0.29, 0.717) is 0 Å². The van der Waals surface area contributed by atoms with Crippen LogP contribution in [0.2, 0.25) is 0 Å². The van der Waals surface area contributed by atoms with Gasteiger partial charge in [0.25, 0.3) is 0 Å². The summed E-state index contributed by atoms with van der Waals surface area (Å²) in [5.74, 6) is -6.79. The molecule has 0 saturated carbocycles. The molecule has 0 radical (unpaired) electrons. The molecular weight excluding hydrogens is 290 g/mol. The van der Waals surface area contributed by atoms with Crippen molar-refractivity contribution in [2.45, 2.75) is 12.3 Å². The van der Waals surface area contributed by atoms with Gasteiger partial charge in [0.15, 0.2) is 0 Å². The number of benzene rings is 1. The molecule has 106 valence electrons. The summed E-state index contributed by atoms with van der Waals surface area (Å²) in [6, 6.07) is 3.73. The van der Waals surface area contributed by atoms with E-state index in [9.17, 15) is 30.8 Å². The highest BCUT2D eigenvalue weighted by atomic mass is 32.2. The number of halogens is 4. The summed E-state index contributed by atoms with van der Waals surface area (Å²) in [5.41, 5.74) is -0.608. The number of carbonyl (C=O) groups excluding carboxylic acids is 1. The van der Waals surface area contributed by atoms with Gasteiger partial charge in [0.1, 0.15) is 0 Å². The molecule has 0 fully saturated rings. The van der Waals surface area contributed by atoms with Crippen LogP contribution < -0.4 is 4.72 Å². The highest BCUT2D eigenvalue weighted by Gasteiger charge is 2.48. The van der Waals surface area contributed by atoms with Gasteiger partial charge < -0.3 is 0 Å². The maximum atomic E-state index is 12.8. The van der Waals surface area contributed by atoms with Crippen LogP contribution in [0.1, 0.15) is 10.4 Å². The van der Waals surface area contributed by atoms with E-state index in [1.807, 2.05) is 4.72 Å². The molecule has 1 rings (SSSR count). The number of alkyl halides is 4. The quantitative estimate of drug-likeness (QED) is 0.669. The number of Topliss-reactive ketones (excluding diaryl/α,β-unsaturated/α-hetero) is 1. The molecule has 0 aliphatic heterocycles. The van der Waals surface area contributed by atoms with Crippen molar-refractivity contribution < 1.29 is 30.8 Å². The number of hydrogen-bond acceptors (Lipinski definition) is 3. The largest absolute Gasteiger partial charge is 0.368 e.